The number of anilines is 2. The van der Waals surface area contributed by atoms with Crippen LogP contribution in [0.25, 0.3) is 11.3 Å². The third kappa shape index (κ3) is 5.33. The van der Waals surface area contributed by atoms with Crippen molar-refractivity contribution < 1.29 is 9.90 Å². The Morgan fingerprint density at radius 2 is 1.81 bits per heavy atom. The van der Waals surface area contributed by atoms with Gasteiger partial charge in [-0.05, 0) is 35.9 Å². The van der Waals surface area contributed by atoms with Crippen LogP contribution in [0.3, 0.4) is 0 Å². The Labute approximate surface area is 184 Å². The van der Waals surface area contributed by atoms with Crippen LogP contribution in [0.15, 0.2) is 78.3 Å². The van der Waals surface area contributed by atoms with E-state index in [0.29, 0.717) is 23.7 Å². The summed E-state index contributed by atoms with van der Waals surface area (Å²) in [6, 6.07) is 21.4. The van der Waals surface area contributed by atoms with Crippen molar-refractivity contribution in [1.82, 2.24) is 9.97 Å². The molecule has 1 amide bonds. The van der Waals surface area contributed by atoms with Gasteiger partial charge >= 0.3 is 0 Å². The Bertz CT molecular complexity index is 1140. The Morgan fingerprint density at radius 1 is 1.00 bits per heavy atom. The van der Waals surface area contributed by atoms with Gasteiger partial charge in [0.2, 0.25) is 0 Å². The molecule has 0 aliphatic carbocycles. The number of aliphatic hydroxyl groups is 1. The number of aromatic nitrogens is 2. The molecule has 0 spiro atoms. The first-order valence-corrected chi connectivity index (χ1v) is 10.8. The van der Waals surface area contributed by atoms with Crippen molar-refractivity contribution in [3.8, 4) is 11.3 Å². The summed E-state index contributed by atoms with van der Waals surface area (Å²) in [4.78, 5) is 21.2. The lowest BCUT2D eigenvalue weighted by Gasteiger charge is -2.12. The van der Waals surface area contributed by atoms with Gasteiger partial charge in [-0.2, -0.15) is 0 Å². The van der Waals surface area contributed by atoms with E-state index in [-0.39, 0.29) is 12.5 Å². The first kappa shape index (κ1) is 20.7. The van der Waals surface area contributed by atoms with E-state index in [4.69, 9.17) is 5.11 Å². The highest BCUT2D eigenvalue weighted by molar-refractivity contribution is 7.14. The zero-order chi connectivity index (χ0) is 21.5. The molecule has 0 saturated heterocycles. The zero-order valence-corrected chi connectivity index (χ0v) is 17.6. The maximum atomic E-state index is 12.5. The molecule has 2 heterocycles. The molecule has 7 heteroatoms. The number of aliphatic hydroxyl groups excluding tert-OH is 1. The minimum Gasteiger partial charge on any atom is -0.396 e. The molecule has 31 heavy (non-hydrogen) atoms. The largest absolute Gasteiger partial charge is 0.396 e. The average Bonchev–Trinajstić information content (AvgIpc) is 3.26. The van der Waals surface area contributed by atoms with Crippen LogP contribution >= 0.6 is 11.3 Å². The summed E-state index contributed by atoms with van der Waals surface area (Å²) in [7, 11) is 0. The topological polar surface area (TPSA) is 87.1 Å². The van der Waals surface area contributed by atoms with E-state index in [1.54, 1.807) is 18.3 Å². The highest BCUT2D eigenvalue weighted by atomic mass is 32.1. The molecule has 0 radical (unpaired) electrons. The van der Waals surface area contributed by atoms with Crippen molar-refractivity contribution in [1.29, 1.82) is 0 Å². The van der Waals surface area contributed by atoms with Crippen molar-refractivity contribution >= 4 is 28.1 Å². The van der Waals surface area contributed by atoms with Crippen molar-refractivity contribution in [2.75, 3.05) is 17.2 Å². The quantitative estimate of drug-likeness (QED) is 0.380. The number of nitrogens with zero attached hydrogens (tertiary/aromatic N) is 2. The van der Waals surface area contributed by atoms with Gasteiger partial charge in [-0.3, -0.25) is 15.1 Å². The highest BCUT2D eigenvalue weighted by Gasteiger charge is 2.10. The molecular weight excluding hydrogens is 408 g/mol. The van der Waals surface area contributed by atoms with Gasteiger partial charge in [0.05, 0.1) is 11.4 Å². The van der Waals surface area contributed by atoms with Gasteiger partial charge in [0.1, 0.15) is 0 Å². The van der Waals surface area contributed by atoms with E-state index in [1.165, 1.54) is 11.3 Å². The standard InChI is InChI=1S/C24H22N4O2S/c29-14-12-19-16-31-24(27-19)28-23(30)18-10-8-17(9-11-18)15-26-22-6-2-1-5-20(22)21-7-3-4-13-25-21/h1-11,13,16,26,29H,12,14-15H2,(H,27,28,30). The van der Waals surface area contributed by atoms with Gasteiger partial charge < -0.3 is 10.4 Å². The number of nitrogens with one attached hydrogen (secondary N) is 2. The number of hydrogen-bond acceptors (Lipinski definition) is 6. The lowest BCUT2D eigenvalue weighted by atomic mass is 10.1. The second-order valence-corrected chi connectivity index (χ2v) is 7.74. The molecule has 0 aliphatic heterocycles. The predicted octanol–water partition coefficient (Wildman–Crippen LogP) is 4.60. The summed E-state index contributed by atoms with van der Waals surface area (Å²) >= 11 is 1.35. The fourth-order valence-corrected chi connectivity index (χ4v) is 3.86. The summed E-state index contributed by atoms with van der Waals surface area (Å²) in [5.41, 5.74) is 5.37. The number of benzene rings is 2. The van der Waals surface area contributed by atoms with Gasteiger partial charge in [-0.25, -0.2) is 4.98 Å². The van der Waals surface area contributed by atoms with E-state index in [9.17, 15) is 4.79 Å². The van der Waals surface area contributed by atoms with Crippen LogP contribution < -0.4 is 10.6 Å². The highest BCUT2D eigenvalue weighted by Crippen LogP contribution is 2.26. The van der Waals surface area contributed by atoms with E-state index < -0.39 is 0 Å². The van der Waals surface area contributed by atoms with E-state index in [2.05, 4.69) is 20.6 Å². The smallest absolute Gasteiger partial charge is 0.257 e. The lowest BCUT2D eigenvalue weighted by Crippen LogP contribution is -2.12. The maximum absolute atomic E-state index is 12.5. The van der Waals surface area contributed by atoms with E-state index >= 15 is 0 Å². The molecular formula is C24H22N4O2S. The van der Waals surface area contributed by atoms with Crippen LogP contribution in [0.1, 0.15) is 21.6 Å². The van der Waals surface area contributed by atoms with Crippen molar-refractivity contribution in [3.05, 3.63) is 95.1 Å². The van der Waals surface area contributed by atoms with Crippen LogP contribution in [0.4, 0.5) is 10.8 Å². The fraction of sp³-hybridized carbons (Fsp3) is 0.125. The molecule has 0 unspecified atom stereocenters. The minimum atomic E-state index is -0.204. The Hall–Kier alpha value is -3.55. The second-order valence-electron chi connectivity index (χ2n) is 6.88. The third-order valence-electron chi connectivity index (χ3n) is 4.71. The first-order chi connectivity index (χ1) is 15.2. The molecule has 2 aromatic carbocycles. The molecule has 0 fully saturated rings. The number of pyridine rings is 1. The third-order valence-corrected chi connectivity index (χ3v) is 5.51. The molecule has 156 valence electrons. The summed E-state index contributed by atoms with van der Waals surface area (Å²) < 4.78 is 0. The first-order valence-electron chi connectivity index (χ1n) is 9.93. The summed E-state index contributed by atoms with van der Waals surface area (Å²) in [5.74, 6) is -0.204. The molecule has 0 aliphatic rings. The molecule has 2 aromatic heterocycles. The van der Waals surface area contributed by atoms with Crippen LogP contribution in [0.5, 0.6) is 0 Å². The monoisotopic (exact) mass is 430 g/mol. The number of carbonyl (C=O) groups is 1. The Kier molecular flexibility index (Phi) is 6.66. The molecule has 0 bridgehead atoms. The SMILES string of the molecule is O=C(Nc1nc(CCO)cs1)c1ccc(CNc2ccccc2-c2ccccn2)cc1. The molecule has 3 N–H and O–H groups in total. The number of hydrogen-bond donors (Lipinski definition) is 3. The average molecular weight is 431 g/mol. The van der Waals surface area contributed by atoms with Crippen molar-refractivity contribution in [2.24, 2.45) is 0 Å². The lowest BCUT2D eigenvalue weighted by molar-refractivity contribution is 0.102. The van der Waals surface area contributed by atoms with Crippen LogP contribution in [0.2, 0.25) is 0 Å². The van der Waals surface area contributed by atoms with Gasteiger partial charge in [-0.15, -0.1) is 11.3 Å². The molecule has 4 rings (SSSR count). The van der Waals surface area contributed by atoms with Crippen LogP contribution in [-0.2, 0) is 13.0 Å². The number of carbonyl (C=O) groups excluding carboxylic acids is 1. The number of thiazole rings is 1. The van der Waals surface area contributed by atoms with Gasteiger partial charge in [0.15, 0.2) is 5.13 Å². The summed E-state index contributed by atoms with van der Waals surface area (Å²) in [5, 5.41) is 17.6. The molecule has 4 aromatic rings. The number of amides is 1. The number of rotatable bonds is 8. The van der Waals surface area contributed by atoms with Crippen molar-refractivity contribution in [2.45, 2.75) is 13.0 Å². The maximum Gasteiger partial charge on any atom is 0.257 e. The normalized spacial score (nSPS) is 10.6. The van der Waals surface area contributed by atoms with Crippen LogP contribution in [0, 0.1) is 0 Å². The zero-order valence-electron chi connectivity index (χ0n) is 16.8. The second kappa shape index (κ2) is 9.97. The number of para-hydroxylation sites is 1. The summed E-state index contributed by atoms with van der Waals surface area (Å²) in [6.45, 7) is 0.668. The predicted molar refractivity (Wildman–Crippen MR) is 124 cm³/mol. The van der Waals surface area contributed by atoms with Gasteiger partial charge in [0, 0.05) is 48.0 Å². The van der Waals surface area contributed by atoms with E-state index in [0.717, 1.165) is 28.2 Å². The summed E-state index contributed by atoms with van der Waals surface area (Å²) in [6.07, 6.45) is 2.27. The Balaban J connectivity index is 1.39. The van der Waals surface area contributed by atoms with Crippen LogP contribution in [-0.4, -0.2) is 27.6 Å². The molecule has 0 saturated carbocycles. The van der Waals surface area contributed by atoms with Gasteiger partial charge in [-0.1, -0.05) is 36.4 Å². The minimum absolute atomic E-state index is 0.0406. The molecule has 6 nitrogen and oxygen atoms in total. The molecule has 0 atom stereocenters. The van der Waals surface area contributed by atoms with Crippen molar-refractivity contribution in [3.63, 3.8) is 0 Å². The van der Waals surface area contributed by atoms with Gasteiger partial charge in [0.25, 0.3) is 5.91 Å². The Morgan fingerprint density at radius 3 is 2.58 bits per heavy atom. The van der Waals surface area contributed by atoms with E-state index in [1.807, 2.05) is 60.0 Å². The fourth-order valence-electron chi connectivity index (χ4n) is 3.12.